The largest absolute Gasteiger partial charge is 0.392 e. The van der Waals surface area contributed by atoms with E-state index in [9.17, 15) is 5.11 Å². The van der Waals surface area contributed by atoms with Gasteiger partial charge >= 0.3 is 0 Å². The Hall–Kier alpha value is -1.02. The molecule has 0 saturated carbocycles. The van der Waals surface area contributed by atoms with Crippen LogP contribution >= 0.6 is 0 Å². The summed E-state index contributed by atoms with van der Waals surface area (Å²) in [5.74, 6) is 0. The van der Waals surface area contributed by atoms with Crippen molar-refractivity contribution in [3.05, 3.63) is 29.3 Å². The first-order chi connectivity index (χ1) is 8.17. The second-order valence-electron chi connectivity index (χ2n) is 5.19. The molecule has 1 aromatic carbocycles. The third-order valence-electron chi connectivity index (χ3n) is 3.94. The van der Waals surface area contributed by atoms with Crippen LogP contribution < -0.4 is 4.90 Å². The monoisotopic (exact) mass is 233 g/mol. The van der Waals surface area contributed by atoms with Crippen LogP contribution in [0.1, 0.15) is 44.2 Å². The van der Waals surface area contributed by atoms with Crippen LogP contribution in [-0.4, -0.2) is 17.2 Å². The number of rotatable bonds is 3. The van der Waals surface area contributed by atoms with Gasteiger partial charge in [-0.05, 0) is 39.2 Å². The lowest BCUT2D eigenvalue weighted by Crippen LogP contribution is -2.34. The quantitative estimate of drug-likeness (QED) is 0.866. The van der Waals surface area contributed by atoms with Gasteiger partial charge in [-0.15, -0.1) is 0 Å². The van der Waals surface area contributed by atoms with Crippen LogP contribution in [0.15, 0.2) is 18.2 Å². The SMILES string of the molecule is CCC1CCC(C)N1c1ccc(C)cc1CO. The Morgan fingerprint density at radius 2 is 2.12 bits per heavy atom. The van der Waals surface area contributed by atoms with Gasteiger partial charge < -0.3 is 10.0 Å². The Morgan fingerprint density at radius 3 is 2.76 bits per heavy atom. The molecule has 2 nitrogen and oxygen atoms in total. The zero-order chi connectivity index (χ0) is 12.4. The second kappa shape index (κ2) is 5.09. The summed E-state index contributed by atoms with van der Waals surface area (Å²) in [6, 6.07) is 7.65. The molecule has 1 saturated heterocycles. The van der Waals surface area contributed by atoms with E-state index >= 15 is 0 Å². The lowest BCUT2D eigenvalue weighted by Gasteiger charge is -2.32. The molecule has 0 bridgehead atoms. The summed E-state index contributed by atoms with van der Waals surface area (Å²) in [5.41, 5.74) is 3.52. The van der Waals surface area contributed by atoms with Gasteiger partial charge in [0.2, 0.25) is 0 Å². The molecular formula is C15H23NO. The number of anilines is 1. The average Bonchev–Trinajstić information content (AvgIpc) is 2.70. The Bertz CT molecular complexity index is 389. The highest BCUT2D eigenvalue weighted by Gasteiger charge is 2.30. The fourth-order valence-corrected chi connectivity index (χ4v) is 3.00. The summed E-state index contributed by atoms with van der Waals surface area (Å²) >= 11 is 0. The molecule has 94 valence electrons. The molecule has 2 atom stereocenters. The van der Waals surface area contributed by atoms with Crippen molar-refractivity contribution in [1.29, 1.82) is 0 Å². The van der Waals surface area contributed by atoms with E-state index in [1.807, 2.05) is 0 Å². The topological polar surface area (TPSA) is 23.5 Å². The first-order valence-corrected chi connectivity index (χ1v) is 6.66. The molecule has 2 heteroatoms. The van der Waals surface area contributed by atoms with Crippen LogP contribution in [0.25, 0.3) is 0 Å². The predicted octanol–water partition coefficient (Wildman–Crippen LogP) is 3.25. The molecule has 1 fully saturated rings. The van der Waals surface area contributed by atoms with Gasteiger partial charge in [-0.2, -0.15) is 0 Å². The van der Waals surface area contributed by atoms with Gasteiger partial charge in [-0.25, -0.2) is 0 Å². The molecule has 2 unspecified atom stereocenters. The van der Waals surface area contributed by atoms with Crippen LogP contribution in [0.4, 0.5) is 5.69 Å². The minimum atomic E-state index is 0.136. The van der Waals surface area contributed by atoms with E-state index in [2.05, 4.69) is 43.9 Å². The number of benzene rings is 1. The second-order valence-corrected chi connectivity index (χ2v) is 5.19. The van der Waals surface area contributed by atoms with Crippen molar-refractivity contribution in [1.82, 2.24) is 0 Å². The molecule has 0 aromatic heterocycles. The molecule has 1 N–H and O–H groups in total. The summed E-state index contributed by atoms with van der Waals surface area (Å²) in [7, 11) is 0. The van der Waals surface area contributed by atoms with Crippen molar-refractivity contribution in [2.45, 2.75) is 58.7 Å². The van der Waals surface area contributed by atoms with Gasteiger partial charge in [0, 0.05) is 23.3 Å². The fourth-order valence-electron chi connectivity index (χ4n) is 3.00. The number of hydrogen-bond acceptors (Lipinski definition) is 2. The molecule has 0 spiro atoms. The molecule has 1 aromatic rings. The zero-order valence-corrected chi connectivity index (χ0v) is 11.1. The van der Waals surface area contributed by atoms with Crippen molar-refractivity contribution in [2.75, 3.05) is 4.90 Å². The van der Waals surface area contributed by atoms with Gasteiger partial charge in [0.1, 0.15) is 0 Å². The van der Waals surface area contributed by atoms with E-state index in [4.69, 9.17) is 0 Å². The highest BCUT2D eigenvalue weighted by atomic mass is 16.3. The average molecular weight is 233 g/mol. The summed E-state index contributed by atoms with van der Waals surface area (Å²) in [6.45, 7) is 6.75. The maximum atomic E-state index is 9.52. The van der Waals surface area contributed by atoms with Gasteiger partial charge in [-0.1, -0.05) is 24.6 Å². The summed E-state index contributed by atoms with van der Waals surface area (Å²) in [6.07, 6.45) is 3.72. The van der Waals surface area contributed by atoms with Crippen LogP contribution in [0.3, 0.4) is 0 Å². The fraction of sp³-hybridized carbons (Fsp3) is 0.600. The first kappa shape index (κ1) is 12.4. The highest BCUT2D eigenvalue weighted by molar-refractivity contribution is 5.57. The van der Waals surface area contributed by atoms with Gasteiger partial charge in [0.15, 0.2) is 0 Å². The van der Waals surface area contributed by atoms with Crippen LogP contribution in [0, 0.1) is 6.92 Å². The maximum absolute atomic E-state index is 9.52. The number of nitrogens with zero attached hydrogens (tertiary/aromatic N) is 1. The van der Waals surface area contributed by atoms with Gasteiger partial charge in [0.05, 0.1) is 6.61 Å². The molecular weight excluding hydrogens is 210 g/mol. The molecule has 1 heterocycles. The standard InChI is InChI=1S/C15H23NO/c1-4-14-7-6-12(3)16(14)15-8-5-11(2)9-13(15)10-17/h5,8-9,12,14,17H,4,6-7,10H2,1-3H3. The van der Waals surface area contributed by atoms with E-state index in [1.165, 1.54) is 30.5 Å². The van der Waals surface area contributed by atoms with Crippen molar-refractivity contribution in [2.24, 2.45) is 0 Å². The van der Waals surface area contributed by atoms with E-state index in [-0.39, 0.29) is 6.61 Å². The third-order valence-corrected chi connectivity index (χ3v) is 3.94. The van der Waals surface area contributed by atoms with Gasteiger partial charge in [-0.3, -0.25) is 0 Å². The molecule has 0 aliphatic carbocycles. The van der Waals surface area contributed by atoms with Crippen LogP contribution in [0.5, 0.6) is 0 Å². The van der Waals surface area contributed by atoms with Crippen molar-refractivity contribution < 1.29 is 5.11 Å². The number of hydrogen-bond donors (Lipinski definition) is 1. The normalized spacial score (nSPS) is 24.4. The number of aliphatic hydroxyl groups is 1. The van der Waals surface area contributed by atoms with Crippen molar-refractivity contribution >= 4 is 5.69 Å². The van der Waals surface area contributed by atoms with Crippen LogP contribution in [0.2, 0.25) is 0 Å². The van der Waals surface area contributed by atoms with E-state index < -0.39 is 0 Å². The minimum absolute atomic E-state index is 0.136. The highest BCUT2D eigenvalue weighted by Crippen LogP contribution is 2.34. The molecule has 1 aliphatic rings. The molecule has 0 amide bonds. The molecule has 0 radical (unpaired) electrons. The van der Waals surface area contributed by atoms with E-state index in [0.29, 0.717) is 12.1 Å². The molecule has 2 rings (SSSR count). The van der Waals surface area contributed by atoms with Crippen molar-refractivity contribution in [3.8, 4) is 0 Å². The summed E-state index contributed by atoms with van der Waals surface area (Å²) in [5, 5.41) is 9.52. The van der Waals surface area contributed by atoms with E-state index in [1.54, 1.807) is 0 Å². The molecule has 17 heavy (non-hydrogen) atoms. The lowest BCUT2D eigenvalue weighted by atomic mass is 10.1. The van der Waals surface area contributed by atoms with Crippen molar-refractivity contribution in [3.63, 3.8) is 0 Å². The predicted molar refractivity (Wildman–Crippen MR) is 72.4 cm³/mol. The lowest BCUT2D eigenvalue weighted by molar-refractivity contribution is 0.281. The molecule has 1 aliphatic heterocycles. The summed E-state index contributed by atoms with van der Waals surface area (Å²) in [4.78, 5) is 2.50. The first-order valence-electron chi connectivity index (χ1n) is 6.66. The van der Waals surface area contributed by atoms with Gasteiger partial charge in [0.25, 0.3) is 0 Å². The zero-order valence-electron chi connectivity index (χ0n) is 11.1. The Morgan fingerprint density at radius 1 is 1.35 bits per heavy atom. The minimum Gasteiger partial charge on any atom is -0.392 e. The Labute approximate surface area is 104 Å². The number of aryl methyl sites for hydroxylation is 1. The maximum Gasteiger partial charge on any atom is 0.0702 e. The Kier molecular flexibility index (Phi) is 3.72. The van der Waals surface area contributed by atoms with Crippen LogP contribution in [-0.2, 0) is 6.61 Å². The number of aliphatic hydroxyl groups excluding tert-OH is 1. The Balaban J connectivity index is 2.38. The smallest absolute Gasteiger partial charge is 0.0702 e. The van der Waals surface area contributed by atoms with E-state index in [0.717, 1.165) is 5.56 Å². The summed E-state index contributed by atoms with van der Waals surface area (Å²) < 4.78 is 0. The third kappa shape index (κ3) is 2.32.